The first-order chi connectivity index (χ1) is 10.0. The first-order valence-electron chi connectivity index (χ1n) is 7.29. The van der Waals surface area contributed by atoms with Crippen LogP contribution < -0.4 is 5.32 Å². The molecule has 0 heterocycles. The van der Waals surface area contributed by atoms with Crippen LogP contribution in [0.15, 0.2) is 45.3 Å². The summed E-state index contributed by atoms with van der Waals surface area (Å²) in [4.78, 5) is 0. The van der Waals surface area contributed by atoms with Gasteiger partial charge in [-0.05, 0) is 67.3 Å². The fourth-order valence-electron chi connectivity index (χ4n) is 2.67. The Hall–Kier alpha value is -0.640. The van der Waals surface area contributed by atoms with Gasteiger partial charge in [-0.1, -0.05) is 57.0 Å². The predicted molar refractivity (Wildman–Crippen MR) is 97.9 cm³/mol. The van der Waals surface area contributed by atoms with Crippen molar-refractivity contribution in [3.8, 4) is 0 Å². The van der Waals surface area contributed by atoms with Crippen molar-refractivity contribution in [1.29, 1.82) is 0 Å². The minimum Gasteiger partial charge on any atom is -0.306 e. The molecule has 112 valence electrons. The zero-order valence-electron chi connectivity index (χ0n) is 12.7. The molecule has 0 aliphatic rings. The Kier molecular flexibility index (Phi) is 6.03. The monoisotopic (exact) mass is 409 g/mol. The zero-order valence-corrected chi connectivity index (χ0v) is 15.9. The van der Waals surface area contributed by atoms with Crippen LogP contribution in [0.1, 0.15) is 41.6 Å². The SMILES string of the molecule is CCCNC(c1cc(Br)ccc1Br)c1c(C)cccc1C. The predicted octanol–water partition coefficient (Wildman–Crippen LogP) is 5.92. The molecule has 1 N–H and O–H groups in total. The number of nitrogens with one attached hydrogen (secondary N) is 1. The van der Waals surface area contributed by atoms with Crippen LogP contribution in [0.3, 0.4) is 0 Å². The van der Waals surface area contributed by atoms with Crippen LogP contribution >= 0.6 is 31.9 Å². The van der Waals surface area contributed by atoms with E-state index in [-0.39, 0.29) is 6.04 Å². The molecule has 0 fully saturated rings. The van der Waals surface area contributed by atoms with Crippen molar-refractivity contribution in [2.24, 2.45) is 0 Å². The molecule has 0 aromatic heterocycles. The highest BCUT2D eigenvalue weighted by atomic mass is 79.9. The number of hydrogen-bond donors (Lipinski definition) is 1. The molecule has 1 atom stereocenters. The number of aryl methyl sites for hydroxylation is 2. The summed E-state index contributed by atoms with van der Waals surface area (Å²) in [5.41, 5.74) is 5.31. The fraction of sp³-hybridized carbons (Fsp3) is 0.333. The van der Waals surface area contributed by atoms with E-state index in [2.05, 4.69) is 94.3 Å². The summed E-state index contributed by atoms with van der Waals surface area (Å²) in [6.45, 7) is 7.58. The number of hydrogen-bond acceptors (Lipinski definition) is 1. The van der Waals surface area contributed by atoms with Crippen LogP contribution in [0.25, 0.3) is 0 Å². The fourth-order valence-corrected chi connectivity index (χ4v) is 3.53. The van der Waals surface area contributed by atoms with Gasteiger partial charge < -0.3 is 5.32 Å². The minimum atomic E-state index is 0.207. The Morgan fingerprint density at radius 1 is 1.05 bits per heavy atom. The lowest BCUT2D eigenvalue weighted by molar-refractivity contribution is 0.592. The van der Waals surface area contributed by atoms with Gasteiger partial charge >= 0.3 is 0 Å². The normalized spacial score (nSPS) is 12.4. The molecule has 2 rings (SSSR count). The molecule has 0 aliphatic heterocycles. The molecule has 3 heteroatoms. The minimum absolute atomic E-state index is 0.207. The highest BCUT2D eigenvalue weighted by Crippen LogP contribution is 2.34. The van der Waals surface area contributed by atoms with E-state index in [0.717, 1.165) is 21.9 Å². The van der Waals surface area contributed by atoms with Crippen LogP contribution in [-0.2, 0) is 0 Å². The molecule has 0 saturated carbocycles. The van der Waals surface area contributed by atoms with E-state index in [9.17, 15) is 0 Å². The smallest absolute Gasteiger partial charge is 0.0593 e. The Bertz CT molecular complexity index is 602. The van der Waals surface area contributed by atoms with Crippen LogP contribution in [0.2, 0.25) is 0 Å². The Morgan fingerprint density at radius 2 is 1.71 bits per heavy atom. The van der Waals surface area contributed by atoms with Gasteiger partial charge in [0.25, 0.3) is 0 Å². The van der Waals surface area contributed by atoms with Gasteiger partial charge in [-0.15, -0.1) is 0 Å². The molecule has 0 spiro atoms. The number of benzene rings is 2. The molecular weight excluding hydrogens is 390 g/mol. The zero-order chi connectivity index (χ0) is 15.4. The quantitative estimate of drug-likeness (QED) is 0.645. The third-order valence-electron chi connectivity index (χ3n) is 3.70. The Labute approximate surface area is 144 Å². The average Bonchev–Trinajstić information content (AvgIpc) is 2.45. The third-order valence-corrected chi connectivity index (χ3v) is 4.91. The number of rotatable bonds is 5. The third kappa shape index (κ3) is 3.97. The van der Waals surface area contributed by atoms with Crippen molar-refractivity contribution in [3.63, 3.8) is 0 Å². The largest absolute Gasteiger partial charge is 0.306 e. The summed E-state index contributed by atoms with van der Waals surface area (Å²) in [6.07, 6.45) is 1.12. The van der Waals surface area contributed by atoms with Crippen molar-refractivity contribution in [2.75, 3.05) is 6.54 Å². The molecule has 0 radical (unpaired) electrons. The molecule has 0 aliphatic carbocycles. The second kappa shape index (κ2) is 7.57. The van der Waals surface area contributed by atoms with Gasteiger partial charge in [0, 0.05) is 8.95 Å². The van der Waals surface area contributed by atoms with Crippen molar-refractivity contribution < 1.29 is 0 Å². The first-order valence-corrected chi connectivity index (χ1v) is 8.87. The summed E-state index contributed by atoms with van der Waals surface area (Å²) in [5.74, 6) is 0. The molecule has 1 nitrogen and oxygen atoms in total. The maximum atomic E-state index is 3.71. The molecule has 1 unspecified atom stereocenters. The number of halogens is 2. The summed E-state index contributed by atoms with van der Waals surface area (Å²) < 4.78 is 2.25. The maximum Gasteiger partial charge on any atom is 0.0593 e. The highest BCUT2D eigenvalue weighted by Gasteiger charge is 2.20. The van der Waals surface area contributed by atoms with Gasteiger partial charge in [0.15, 0.2) is 0 Å². The van der Waals surface area contributed by atoms with Crippen molar-refractivity contribution in [2.45, 2.75) is 33.2 Å². The molecule has 0 saturated heterocycles. The Morgan fingerprint density at radius 3 is 2.33 bits per heavy atom. The average molecular weight is 411 g/mol. The summed E-state index contributed by atoms with van der Waals surface area (Å²) in [5, 5.41) is 3.70. The van der Waals surface area contributed by atoms with E-state index in [1.165, 1.54) is 22.3 Å². The lowest BCUT2D eigenvalue weighted by Gasteiger charge is -2.24. The second-order valence-corrected chi connectivity index (χ2v) is 7.13. The van der Waals surface area contributed by atoms with Gasteiger partial charge in [-0.3, -0.25) is 0 Å². The van der Waals surface area contributed by atoms with Gasteiger partial charge in [0.05, 0.1) is 6.04 Å². The standard InChI is InChI=1S/C18H21Br2N/c1-4-10-21-18(15-11-14(19)8-9-16(15)20)17-12(2)6-5-7-13(17)3/h5-9,11,18,21H,4,10H2,1-3H3. The van der Waals surface area contributed by atoms with E-state index in [4.69, 9.17) is 0 Å². The van der Waals surface area contributed by atoms with Crippen LogP contribution in [0, 0.1) is 13.8 Å². The Balaban J connectivity index is 2.55. The van der Waals surface area contributed by atoms with E-state index < -0.39 is 0 Å². The van der Waals surface area contributed by atoms with Gasteiger partial charge in [0.2, 0.25) is 0 Å². The summed E-state index contributed by atoms with van der Waals surface area (Å²) in [7, 11) is 0. The molecular formula is C18H21Br2N. The van der Waals surface area contributed by atoms with Crippen LogP contribution in [0.4, 0.5) is 0 Å². The van der Waals surface area contributed by atoms with Crippen LogP contribution in [-0.4, -0.2) is 6.54 Å². The topological polar surface area (TPSA) is 12.0 Å². The van der Waals surface area contributed by atoms with Crippen molar-refractivity contribution in [3.05, 3.63) is 67.6 Å². The molecule has 21 heavy (non-hydrogen) atoms. The van der Waals surface area contributed by atoms with Gasteiger partial charge in [0.1, 0.15) is 0 Å². The first kappa shape index (κ1) is 16.7. The molecule has 0 amide bonds. The summed E-state index contributed by atoms with van der Waals surface area (Å²) >= 11 is 7.30. The summed E-state index contributed by atoms with van der Waals surface area (Å²) in [6, 6.07) is 13.1. The second-order valence-electron chi connectivity index (χ2n) is 5.36. The van der Waals surface area contributed by atoms with Gasteiger partial charge in [-0.25, -0.2) is 0 Å². The lowest BCUT2D eigenvalue weighted by atomic mass is 9.91. The highest BCUT2D eigenvalue weighted by molar-refractivity contribution is 9.11. The van der Waals surface area contributed by atoms with Crippen molar-refractivity contribution >= 4 is 31.9 Å². The molecule has 0 bridgehead atoms. The van der Waals surface area contributed by atoms with E-state index in [1.807, 2.05) is 0 Å². The van der Waals surface area contributed by atoms with Gasteiger partial charge in [-0.2, -0.15) is 0 Å². The molecule has 2 aromatic carbocycles. The van der Waals surface area contributed by atoms with Crippen molar-refractivity contribution in [1.82, 2.24) is 5.32 Å². The lowest BCUT2D eigenvalue weighted by Crippen LogP contribution is -2.25. The molecule has 2 aromatic rings. The maximum absolute atomic E-state index is 3.71. The van der Waals surface area contributed by atoms with E-state index >= 15 is 0 Å². The van der Waals surface area contributed by atoms with E-state index in [1.54, 1.807) is 0 Å². The van der Waals surface area contributed by atoms with E-state index in [0.29, 0.717) is 0 Å². The van der Waals surface area contributed by atoms with Crippen LogP contribution in [0.5, 0.6) is 0 Å².